The number of rotatable bonds is 4. The Labute approximate surface area is 366 Å². The van der Waals surface area contributed by atoms with Gasteiger partial charge in [0.2, 0.25) is 0 Å². The van der Waals surface area contributed by atoms with Gasteiger partial charge in [-0.15, -0.1) is 0 Å². The maximum absolute atomic E-state index is 6.93. The van der Waals surface area contributed by atoms with E-state index < -0.39 is 6.17 Å². The molecule has 0 spiro atoms. The summed E-state index contributed by atoms with van der Waals surface area (Å²) in [5.41, 5.74) is 7.82. The monoisotopic (exact) mass is 816 g/mol. The standard InChI is InChI=1S/C59H36N4O/c1-3-17-38-32-52-48(28-36(38)15-1)49-29-37-16-2-4-18-39(37)33-53(49)63(52)54-34-41(31-50-46-25-11-12-27-55(46)64-56(50)54)57-60-58(47-26-13-20-35-14-5-7-21-42(35)47)62-59(61-57)51-30-40-19-6-8-22-43(40)44-23-9-10-24-45(44)51/h1-34,58H,(H,60,61,62). The predicted molar refractivity (Wildman–Crippen MR) is 267 cm³/mol. The predicted octanol–water partition coefficient (Wildman–Crippen LogP) is 14.9. The number of hydrogen-bond donors (Lipinski definition) is 1. The van der Waals surface area contributed by atoms with E-state index in [0.717, 1.165) is 77.3 Å². The Kier molecular flexibility index (Phi) is 7.39. The van der Waals surface area contributed by atoms with Crippen LogP contribution in [0.1, 0.15) is 22.9 Å². The van der Waals surface area contributed by atoms with Crippen molar-refractivity contribution in [3.8, 4) is 5.69 Å². The number of benzene rings is 11. The molecule has 0 fully saturated rings. The van der Waals surface area contributed by atoms with Gasteiger partial charge in [-0.2, -0.15) is 0 Å². The molecule has 0 radical (unpaired) electrons. The van der Waals surface area contributed by atoms with Crippen LogP contribution in [-0.2, 0) is 0 Å². The summed E-state index contributed by atoms with van der Waals surface area (Å²) in [5, 5.41) is 20.1. The molecule has 1 atom stereocenters. The van der Waals surface area contributed by atoms with E-state index in [4.69, 9.17) is 14.4 Å². The lowest BCUT2D eigenvalue weighted by Crippen LogP contribution is -2.34. The van der Waals surface area contributed by atoms with Crippen molar-refractivity contribution >= 4 is 109 Å². The third-order valence-electron chi connectivity index (χ3n) is 13.3. The molecule has 0 saturated carbocycles. The lowest BCUT2D eigenvalue weighted by molar-refractivity contribution is 0.666. The van der Waals surface area contributed by atoms with Crippen LogP contribution in [-0.4, -0.2) is 16.2 Å². The number of amidine groups is 2. The number of aromatic nitrogens is 1. The molecule has 5 heteroatoms. The first-order valence-electron chi connectivity index (χ1n) is 21.8. The minimum absolute atomic E-state index is 0.426. The molecule has 1 unspecified atom stereocenters. The Morgan fingerprint density at radius 2 is 0.984 bits per heavy atom. The molecule has 5 nitrogen and oxygen atoms in total. The summed E-state index contributed by atoms with van der Waals surface area (Å²) in [6.07, 6.45) is -0.426. The highest BCUT2D eigenvalue weighted by molar-refractivity contribution is 6.24. The molecule has 2 aromatic heterocycles. The van der Waals surface area contributed by atoms with Crippen LogP contribution >= 0.6 is 0 Å². The van der Waals surface area contributed by atoms with Gasteiger partial charge in [0, 0.05) is 38.2 Å². The summed E-state index contributed by atoms with van der Waals surface area (Å²) in [6.45, 7) is 0. The number of nitrogens with one attached hydrogen (secondary N) is 1. The van der Waals surface area contributed by atoms with Crippen LogP contribution in [0.3, 0.4) is 0 Å². The number of furan rings is 1. The minimum Gasteiger partial charge on any atom is -0.454 e. The minimum atomic E-state index is -0.426. The maximum atomic E-state index is 6.93. The fourth-order valence-electron chi connectivity index (χ4n) is 10.4. The van der Waals surface area contributed by atoms with Crippen molar-refractivity contribution in [3.63, 3.8) is 0 Å². The Bertz CT molecular complexity index is 4090. The van der Waals surface area contributed by atoms with Crippen LogP contribution in [0.2, 0.25) is 0 Å². The van der Waals surface area contributed by atoms with Crippen molar-refractivity contribution in [3.05, 3.63) is 223 Å². The second kappa shape index (κ2) is 13.5. The van der Waals surface area contributed by atoms with E-state index in [1.165, 1.54) is 48.5 Å². The van der Waals surface area contributed by atoms with Crippen molar-refractivity contribution in [2.45, 2.75) is 6.17 Å². The van der Waals surface area contributed by atoms with Gasteiger partial charge < -0.3 is 14.3 Å². The largest absolute Gasteiger partial charge is 0.454 e. The van der Waals surface area contributed by atoms with Crippen molar-refractivity contribution in [2.24, 2.45) is 9.98 Å². The van der Waals surface area contributed by atoms with E-state index >= 15 is 0 Å². The maximum Gasteiger partial charge on any atom is 0.159 e. The van der Waals surface area contributed by atoms with E-state index in [9.17, 15) is 0 Å². The molecule has 11 aromatic carbocycles. The molecular weight excluding hydrogens is 781 g/mol. The zero-order valence-electron chi connectivity index (χ0n) is 34.5. The lowest BCUT2D eigenvalue weighted by Gasteiger charge is -2.26. The van der Waals surface area contributed by atoms with E-state index in [2.05, 4.69) is 210 Å². The molecule has 13 aromatic rings. The van der Waals surface area contributed by atoms with Crippen LogP contribution in [0.25, 0.3) is 103 Å². The molecule has 1 aliphatic heterocycles. The topological polar surface area (TPSA) is 54.8 Å². The van der Waals surface area contributed by atoms with Gasteiger partial charge in [-0.05, 0) is 102 Å². The van der Waals surface area contributed by atoms with Gasteiger partial charge in [-0.25, -0.2) is 9.98 Å². The second-order valence-corrected chi connectivity index (χ2v) is 17.0. The average Bonchev–Trinajstić information content (AvgIpc) is 3.88. The third kappa shape index (κ3) is 5.25. The number of nitrogens with zero attached hydrogens (tertiary/aromatic N) is 3. The third-order valence-corrected chi connectivity index (χ3v) is 13.3. The molecule has 3 heterocycles. The molecule has 0 bridgehead atoms. The Morgan fingerprint density at radius 3 is 1.70 bits per heavy atom. The summed E-state index contributed by atoms with van der Waals surface area (Å²) < 4.78 is 9.34. The second-order valence-electron chi connectivity index (χ2n) is 17.0. The Morgan fingerprint density at radius 1 is 0.422 bits per heavy atom. The highest BCUT2D eigenvalue weighted by atomic mass is 16.3. The van der Waals surface area contributed by atoms with Gasteiger partial charge in [-0.1, -0.05) is 158 Å². The SMILES string of the molecule is c1ccc2cc3c(cc2c1)c1cc2ccccc2cc1n3-c1cc(C2=NC(c3cccc4ccccc34)NC(c3cc4ccccc4c4ccccc34)=N2)cc2c1oc1ccccc12. The first-order chi connectivity index (χ1) is 31.7. The van der Waals surface area contributed by atoms with Gasteiger partial charge in [0.05, 0.1) is 16.7 Å². The first-order valence-corrected chi connectivity index (χ1v) is 21.8. The molecule has 0 aliphatic carbocycles. The van der Waals surface area contributed by atoms with Gasteiger partial charge in [0.25, 0.3) is 0 Å². The molecule has 1 N–H and O–H groups in total. The molecule has 0 amide bonds. The molecular formula is C59H36N4O. The summed E-state index contributed by atoms with van der Waals surface area (Å²) in [5.74, 6) is 1.42. The quantitative estimate of drug-likeness (QED) is 0.180. The zero-order chi connectivity index (χ0) is 41.9. The normalized spacial score (nSPS) is 14.4. The van der Waals surface area contributed by atoms with E-state index in [1.807, 2.05) is 6.07 Å². The first kappa shape index (κ1) is 35.1. The van der Waals surface area contributed by atoms with Crippen LogP contribution in [0.4, 0.5) is 0 Å². The van der Waals surface area contributed by atoms with Gasteiger partial charge in [0.15, 0.2) is 11.4 Å². The van der Waals surface area contributed by atoms with Crippen molar-refractivity contribution in [1.29, 1.82) is 0 Å². The number of fused-ring (bicyclic) bond motifs is 12. The molecule has 64 heavy (non-hydrogen) atoms. The van der Waals surface area contributed by atoms with Crippen LogP contribution in [0.5, 0.6) is 0 Å². The van der Waals surface area contributed by atoms with Crippen molar-refractivity contribution in [1.82, 2.24) is 9.88 Å². The van der Waals surface area contributed by atoms with Crippen LogP contribution in [0.15, 0.2) is 221 Å². The van der Waals surface area contributed by atoms with E-state index in [-0.39, 0.29) is 0 Å². The summed E-state index contributed by atoms with van der Waals surface area (Å²) in [4.78, 5) is 11.1. The Balaban J connectivity index is 1.09. The summed E-state index contributed by atoms with van der Waals surface area (Å²) in [7, 11) is 0. The number of aliphatic imine (C=N–C) groups is 2. The fraction of sp³-hybridized carbons (Fsp3) is 0.0169. The van der Waals surface area contributed by atoms with Crippen LogP contribution < -0.4 is 5.32 Å². The number of para-hydroxylation sites is 1. The van der Waals surface area contributed by atoms with E-state index in [1.54, 1.807) is 0 Å². The summed E-state index contributed by atoms with van der Waals surface area (Å²) in [6, 6.07) is 74.0. The van der Waals surface area contributed by atoms with Crippen molar-refractivity contribution < 1.29 is 4.42 Å². The molecule has 298 valence electrons. The molecule has 0 saturated heterocycles. The van der Waals surface area contributed by atoms with Crippen LogP contribution in [0, 0.1) is 0 Å². The smallest absolute Gasteiger partial charge is 0.159 e. The highest BCUT2D eigenvalue weighted by Gasteiger charge is 2.27. The Hall–Kier alpha value is -8.54. The average molecular weight is 817 g/mol. The summed E-state index contributed by atoms with van der Waals surface area (Å²) >= 11 is 0. The number of hydrogen-bond acceptors (Lipinski definition) is 4. The van der Waals surface area contributed by atoms with Crippen molar-refractivity contribution in [2.75, 3.05) is 0 Å². The zero-order valence-corrected chi connectivity index (χ0v) is 34.5. The van der Waals surface area contributed by atoms with Gasteiger partial charge in [0.1, 0.15) is 17.6 Å². The molecule has 1 aliphatic rings. The van der Waals surface area contributed by atoms with Gasteiger partial charge >= 0.3 is 0 Å². The highest BCUT2D eigenvalue weighted by Crippen LogP contribution is 2.42. The lowest BCUT2D eigenvalue weighted by atomic mass is 9.96. The van der Waals surface area contributed by atoms with E-state index in [0.29, 0.717) is 5.84 Å². The van der Waals surface area contributed by atoms with Gasteiger partial charge in [-0.3, -0.25) is 0 Å². The fourth-order valence-corrected chi connectivity index (χ4v) is 10.4. The molecule has 14 rings (SSSR count).